The largest absolute Gasteiger partial charge is 0.325 e. The third kappa shape index (κ3) is 3.56. The predicted molar refractivity (Wildman–Crippen MR) is 85.1 cm³/mol. The number of carbonyl (C=O) groups excluding carboxylic acids is 1. The second kappa shape index (κ2) is 6.46. The van der Waals surface area contributed by atoms with Gasteiger partial charge in [-0.2, -0.15) is 0 Å². The van der Waals surface area contributed by atoms with E-state index in [4.69, 9.17) is 0 Å². The third-order valence-corrected chi connectivity index (χ3v) is 4.23. The molecule has 0 aromatic heterocycles. The van der Waals surface area contributed by atoms with Gasteiger partial charge in [0.2, 0.25) is 5.91 Å². The van der Waals surface area contributed by atoms with E-state index in [0.717, 1.165) is 24.1 Å². The topological polar surface area (TPSA) is 32.3 Å². The van der Waals surface area contributed by atoms with E-state index in [1.165, 1.54) is 24.3 Å². The summed E-state index contributed by atoms with van der Waals surface area (Å²) >= 11 is 0. The zero-order valence-corrected chi connectivity index (χ0v) is 12.9. The second-order valence-electron chi connectivity index (χ2n) is 5.80. The molecule has 1 N–H and O–H groups in total. The van der Waals surface area contributed by atoms with Gasteiger partial charge >= 0.3 is 0 Å². The molecule has 0 bridgehead atoms. The van der Waals surface area contributed by atoms with Crippen LogP contribution in [0.5, 0.6) is 0 Å². The molecule has 0 fully saturated rings. The van der Waals surface area contributed by atoms with Crippen molar-refractivity contribution in [2.75, 3.05) is 18.4 Å². The lowest BCUT2D eigenvalue weighted by Crippen LogP contribution is -2.39. The third-order valence-electron chi connectivity index (χ3n) is 4.23. The van der Waals surface area contributed by atoms with Gasteiger partial charge in [-0.3, -0.25) is 9.69 Å². The normalized spacial score (nSPS) is 17.6. The van der Waals surface area contributed by atoms with Gasteiger partial charge in [0, 0.05) is 18.3 Å². The van der Waals surface area contributed by atoms with Gasteiger partial charge in [0.25, 0.3) is 0 Å². The highest BCUT2D eigenvalue weighted by molar-refractivity contribution is 5.92. The first-order chi connectivity index (χ1) is 11.0. The van der Waals surface area contributed by atoms with Crippen LogP contribution in [0.4, 0.5) is 14.5 Å². The molecule has 0 spiro atoms. The second-order valence-corrected chi connectivity index (χ2v) is 5.80. The molecule has 1 amide bonds. The average molecular weight is 316 g/mol. The Morgan fingerprint density at radius 2 is 2.00 bits per heavy atom. The van der Waals surface area contributed by atoms with Crippen LogP contribution in [0, 0.1) is 11.6 Å². The number of halogens is 2. The summed E-state index contributed by atoms with van der Waals surface area (Å²) in [5.74, 6) is -0.859. The molecule has 0 saturated carbocycles. The highest BCUT2D eigenvalue weighted by Gasteiger charge is 2.25. The van der Waals surface area contributed by atoms with Gasteiger partial charge in [0.05, 0.1) is 6.54 Å². The Kier molecular flexibility index (Phi) is 4.39. The van der Waals surface area contributed by atoms with Crippen molar-refractivity contribution in [1.82, 2.24) is 4.90 Å². The fourth-order valence-electron chi connectivity index (χ4n) is 3.00. The Balaban J connectivity index is 1.67. The maximum absolute atomic E-state index is 13.4. The van der Waals surface area contributed by atoms with Crippen molar-refractivity contribution in [2.45, 2.75) is 19.4 Å². The van der Waals surface area contributed by atoms with Crippen molar-refractivity contribution in [1.29, 1.82) is 0 Å². The van der Waals surface area contributed by atoms with E-state index < -0.39 is 5.82 Å². The Hall–Kier alpha value is -2.27. The zero-order valence-electron chi connectivity index (χ0n) is 12.9. The molecule has 2 aromatic rings. The quantitative estimate of drug-likeness (QED) is 0.939. The molecule has 0 aliphatic carbocycles. The number of rotatable bonds is 3. The van der Waals surface area contributed by atoms with E-state index >= 15 is 0 Å². The van der Waals surface area contributed by atoms with Crippen LogP contribution in [-0.2, 0) is 11.2 Å². The van der Waals surface area contributed by atoms with Crippen LogP contribution in [0.15, 0.2) is 42.5 Å². The number of anilines is 1. The van der Waals surface area contributed by atoms with E-state index in [-0.39, 0.29) is 24.3 Å². The van der Waals surface area contributed by atoms with Crippen LogP contribution < -0.4 is 5.32 Å². The summed E-state index contributed by atoms with van der Waals surface area (Å²) in [7, 11) is 0. The molecular weight excluding hydrogens is 298 g/mol. The molecule has 3 nitrogen and oxygen atoms in total. The Morgan fingerprint density at radius 1 is 1.22 bits per heavy atom. The smallest absolute Gasteiger partial charge is 0.238 e. The molecule has 5 heteroatoms. The SMILES string of the molecule is CC1c2cc(F)ccc2CCN1CC(=O)Nc1cccc(F)c1. The molecule has 1 unspecified atom stereocenters. The number of hydrogen-bond donors (Lipinski definition) is 1. The van der Waals surface area contributed by atoms with Crippen molar-refractivity contribution in [3.63, 3.8) is 0 Å². The van der Waals surface area contributed by atoms with E-state index in [1.807, 2.05) is 17.9 Å². The minimum Gasteiger partial charge on any atom is -0.325 e. The standard InChI is InChI=1S/C18H18F2N2O/c1-12-17-10-15(20)6-5-13(17)7-8-22(12)11-18(23)21-16-4-2-3-14(19)9-16/h2-6,9-10,12H,7-8,11H2,1H3,(H,21,23). The number of benzene rings is 2. The molecule has 1 aliphatic rings. The van der Waals surface area contributed by atoms with Gasteiger partial charge in [0.15, 0.2) is 0 Å². The van der Waals surface area contributed by atoms with Gasteiger partial charge in [-0.05, 0) is 54.8 Å². The summed E-state index contributed by atoms with van der Waals surface area (Å²) in [6, 6.07) is 10.6. The maximum atomic E-state index is 13.4. The van der Waals surface area contributed by atoms with E-state index in [2.05, 4.69) is 5.32 Å². The summed E-state index contributed by atoms with van der Waals surface area (Å²) in [6.45, 7) is 2.89. The predicted octanol–water partition coefficient (Wildman–Crippen LogP) is 3.52. The molecular formula is C18H18F2N2O. The van der Waals surface area contributed by atoms with Crippen molar-refractivity contribution in [3.8, 4) is 0 Å². The summed E-state index contributed by atoms with van der Waals surface area (Å²) in [6.07, 6.45) is 0.785. The molecule has 1 heterocycles. The Morgan fingerprint density at radius 3 is 2.78 bits per heavy atom. The molecule has 120 valence electrons. The summed E-state index contributed by atoms with van der Waals surface area (Å²) in [5, 5.41) is 2.69. The van der Waals surface area contributed by atoms with Crippen molar-refractivity contribution in [2.24, 2.45) is 0 Å². The fraction of sp³-hybridized carbons (Fsp3) is 0.278. The average Bonchev–Trinajstić information content (AvgIpc) is 2.50. The number of fused-ring (bicyclic) bond motifs is 1. The maximum Gasteiger partial charge on any atom is 0.238 e. The van der Waals surface area contributed by atoms with Gasteiger partial charge < -0.3 is 5.32 Å². The Bertz CT molecular complexity index is 733. The van der Waals surface area contributed by atoms with E-state index in [9.17, 15) is 13.6 Å². The van der Waals surface area contributed by atoms with Gasteiger partial charge in [-0.1, -0.05) is 12.1 Å². The lowest BCUT2D eigenvalue weighted by atomic mass is 9.93. The van der Waals surface area contributed by atoms with Crippen molar-refractivity contribution in [3.05, 3.63) is 65.2 Å². The van der Waals surface area contributed by atoms with Crippen molar-refractivity contribution >= 4 is 11.6 Å². The summed E-state index contributed by atoms with van der Waals surface area (Å²) < 4.78 is 26.6. The van der Waals surface area contributed by atoms with Gasteiger partial charge in [-0.25, -0.2) is 8.78 Å². The lowest BCUT2D eigenvalue weighted by molar-refractivity contribution is -0.117. The number of nitrogens with one attached hydrogen (secondary N) is 1. The zero-order chi connectivity index (χ0) is 16.4. The molecule has 23 heavy (non-hydrogen) atoms. The Labute approximate surface area is 133 Å². The van der Waals surface area contributed by atoms with Crippen LogP contribution in [0.1, 0.15) is 24.1 Å². The van der Waals surface area contributed by atoms with Gasteiger partial charge in [0.1, 0.15) is 11.6 Å². The van der Waals surface area contributed by atoms with Crippen LogP contribution >= 0.6 is 0 Å². The number of hydrogen-bond acceptors (Lipinski definition) is 2. The number of carbonyl (C=O) groups is 1. The minimum absolute atomic E-state index is 0.0345. The molecule has 3 rings (SSSR count). The number of nitrogens with zero attached hydrogens (tertiary/aromatic N) is 1. The number of amides is 1. The van der Waals surface area contributed by atoms with Crippen LogP contribution in [-0.4, -0.2) is 23.9 Å². The first-order valence-corrected chi connectivity index (χ1v) is 7.61. The minimum atomic E-state index is -0.390. The van der Waals surface area contributed by atoms with E-state index in [1.54, 1.807) is 12.1 Å². The monoisotopic (exact) mass is 316 g/mol. The molecule has 1 atom stereocenters. The molecule has 1 aliphatic heterocycles. The summed E-state index contributed by atoms with van der Waals surface area (Å²) in [5.41, 5.74) is 2.49. The highest BCUT2D eigenvalue weighted by Crippen LogP contribution is 2.29. The van der Waals surface area contributed by atoms with Crippen LogP contribution in [0.25, 0.3) is 0 Å². The first kappa shape index (κ1) is 15.6. The van der Waals surface area contributed by atoms with Crippen LogP contribution in [0.2, 0.25) is 0 Å². The molecule has 0 radical (unpaired) electrons. The highest BCUT2D eigenvalue weighted by atomic mass is 19.1. The molecule has 2 aromatic carbocycles. The van der Waals surface area contributed by atoms with Crippen molar-refractivity contribution < 1.29 is 13.6 Å². The first-order valence-electron chi connectivity index (χ1n) is 7.61. The van der Waals surface area contributed by atoms with Crippen LogP contribution in [0.3, 0.4) is 0 Å². The van der Waals surface area contributed by atoms with E-state index in [0.29, 0.717) is 5.69 Å². The lowest BCUT2D eigenvalue weighted by Gasteiger charge is -2.34. The summed E-state index contributed by atoms with van der Waals surface area (Å²) in [4.78, 5) is 14.2. The fourth-order valence-corrected chi connectivity index (χ4v) is 3.00. The molecule has 0 saturated heterocycles. The van der Waals surface area contributed by atoms with Gasteiger partial charge in [-0.15, -0.1) is 0 Å².